The van der Waals surface area contributed by atoms with Gasteiger partial charge in [0.2, 0.25) is 0 Å². The zero-order valence-corrected chi connectivity index (χ0v) is 9.27. The van der Waals surface area contributed by atoms with Crippen molar-refractivity contribution in [2.24, 2.45) is 0 Å². The van der Waals surface area contributed by atoms with Gasteiger partial charge in [0.1, 0.15) is 0 Å². The molecule has 2 aromatic rings. The first-order valence-corrected chi connectivity index (χ1v) is 5.31. The minimum Gasteiger partial charge on any atom is -0.392 e. The van der Waals surface area contributed by atoms with Gasteiger partial charge in [-0.25, -0.2) is 0 Å². The maximum Gasteiger partial charge on any atom is 0.0682 e. The summed E-state index contributed by atoms with van der Waals surface area (Å²) in [5.74, 6) is 0. The number of nitrogens with one attached hydrogen (secondary N) is 1. The molecule has 0 bridgehead atoms. The molecule has 2 nitrogen and oxygen atoms in total. The SMILES string of the molecule is Cc1ccc(Nc2cccc(CO)c2)cc1. The second-order valence-electron chi connectivity index (χ2n) is 3.85. The van der Waals surface area contributed by atoms with Crippen LogP contribution in [-0.4, -0.2) is 5.11 Å². The summed E-state index contributed by atoms with van der Waals surface area (Å²) in [6.45, 7) is 2.14. The first-order chi connectivity index (χ1) is 7.78. The summed E-state index contributed by atoms with van der Waals surface area (Å²) in [4.78, 5) is 0. The van der Waals surface area contributed by atoms with Crippen LogP contribution in [0.4, 0.5) is 11.4 Å². The van der Waals surface area contributed by atoms with Gasteiger partial charge in [-0.1, -0.05) is 29.8 Å². The number of rotatable bonds is 3. The average molecular weight is 213 g/mol. The van der Waals surface area contributed by atoms with Gasteiger partial charge < -0.3 is 10.4 Å². The van der Waals surface area contributed by atoms with Gasteiger partial charge in [0, 0.05) is 11.4 Å². The molecular weight excluding hydrogens is 198 g/mol. The van der Waals surface area contributed by atoms with E-state index >= 15 is 0 Å². The maximum absolute atomic E-state index is 9.04. The Morgan fingerprint density at radius 1 is 1.00 bits per heavy atom. The van der Waals surface area contributed by atoms with E-state index < -0.39 is 0 Å². The zero-order chi connectivity index (χ0) is 11.4. The number of hydrogen-bond acceptors (Lipinski definition) is 2. The van der Waals surface area contributed by atoms with Crippen molar-refractivity contribution in [1.82, 2.24) is 0 Å². The Bertz CT molecular complexity index is 462. The number of aliphatic hydroxyl groups excluding tert-OH is 1. The number of aryl methyl sites for hydroxylation is 1. The summed E-state index contributed by atoms with van der Waals surface area (Å²) >= 11 is 0. The Hall–Kier alpha value is -1.80. The third kappa shape index (κ3) is 2.61. The maximum atomic E-state index is 9.04. The molecule has 0 radical (unpaired) electrons. The Kier molecular flexibility index (Phi) is 3.22. The van der Waals surface area contributed by atoms with Crippen LogP contribution in [0, 0.1) is 6.92 Å². The standard InChI is InChI=1S/C14H15NO/c1-11-5-7-13(8-6-11)15-14-4-2-3-12(9-14)10-16/h2-9,15-16H,10H2,1H3. The highest BCUT2D eigenvalue weighted by atomic mass is 16.3. The lowest BCUT2D eigenvalue weighted by Crippen LogP contribution is -1.91. The van der Waals surface area contributed by atoms with Crippen LogP contribution in [0.5, 0.6) is 0 Å². The van der Waals surface area contributed by atoms with Crippen molar-refractivity contribution in [3.63, 3.8) is 0 Å². The summed E-state index contributed by atoms with van der Waals surface area (Å²) in [6, 6.07) is 16.0. The van der Waals surface area contributed by atoms with E-state index in [4.69, 9.17) is 5.11 Å². The Labute approximate surface area is 95.6 Å². The normalized spacial score (nSPS) is 10.1. The highest BCUT2D eigenvalue weighted by Gasteiger charge is 1.96. The van der Waals surface area contributed by atoms with Crippen LogP contribution in [0.15, 0.2) is 48.5 Å². The molecule has 16 heavy (non-hydrogen) atoms. The van der Waals surface area contributed by atoms with Gasteiger partial charge in [0.15, 0.2) is 0 Å². The minimum absolute atomic E-state index is 0.0728. The Morgan fingerprint density at radius 3 is 2.44 bits per heavy atom. The van der Waals surface area contributed by atoms with E-state index in [-0.39, 0.29) is 6.61 Å². The summed E-state index contributed by atoms with van der Waals surface area (Å²) in [5, 5.41) is 12.3. The molecule has 2 heteroatoms. The topological polar surface area (TPSA) is 32.3 Å². The molecule has 0 aliphatic carbocycles. The molecule has 0 amide bonds. The number of hydrogen-bond donors (Lipinski definition) is 2. The second-order valence-corrected chi connectivity index (χ2v) is 3.85. The zero-order valence-electron chi connectivity index (χ0n) is 9.27. The predicted octanol–water partition coefficient (Wildman–Crippen LogP) is 3.23. The summed E-state index contributed by atoms with van der Waals surface area (Å²) in [7, 11) is 0. The molecule has 0 spiro atoms. The lowest BCUT2D eigenvalue weighted by Gasteiger charge is -2.07. The second kappa shape index (κ2) is 4.81. The van der Waals surface area contributed by atoms with Crippen molar-refractivity contribution >= 4 is 11.4 Å². The van der Waals surface area contributed by atoms with Crippen molar-refractivity contribution in [2.45, 2.75) is 13.5 Å². The first kappa shape index (κ1) is 10.7. The third-order valence-corrected chi connectivity index (χ3v) is 2.45. The van der Waals surface area contributed by atoms with Crippen molar-refractivity contribution in [3.8, 4) is 0 Å². The van der Waals surface area contributed by atoms with Gasteiger partial charge in [0.05, 0.1) is 6.61 Å². The van der Waals surface area contributed by atoms with Crippen LogP contribution < -0.4 is 5.32 Å². The fourth-order valence-electron chi connectivity index (χ4n) is 1.55. The van der Waals surface area contributed by atoms with Crippen molar-refractivity contribution in [1.29, 1.82) is 0 Å². The molecule has 0 saturated carbocycles. The van der Waals surface area contributed by atoms with Crippen LogP contribution in [0.1, 0.15) is 11.1 Å². The molecule has 0 aliphatic heterocycles. The molecule has 2 rings (SSSR count). The molecule has 0 unspecified atom stereocenters. The van der Waals surface area contributed by atoms with E-state index in [0.29, 0.717) is 0 Å². The van der Waals surface area contributed by atoms with Crippen LogP contribution in [-0.2, 0) is 6.61 Å². The van der Waals surface area contributed by atoms with Crippen LogP contribution in [0.25, 0.3) is 0 Å². The largest absolute Gasteiger partial charge is 0.392 e. The lowest BCUT2D eigenvalue weighted by molar-refractivity contribution is 0.282. The first-order valence-electron chi connectivity index (χ1n) is 5.31. The number of aliphatic hydroxyl groups is 1. The molecule has 0 heterocycles. The van der Waals surface area contributed by atoms with Crippen molar-refractivity contribution in [2.75, 3.05) is 5.32 Å². The lowest BCUT2D eigenvalue weighted by atomic mass is 10.2. The van der Waals surface area contributed by atoms with Crippen molar-refractivity contribution < 1.29 is 5.11 Å². The molecule has 0 fully saturated rings. The van der Waals surface area contributed by atoms with E-state index in [1.807, 2.05) is 36.4 Å². The Balaban J connectivity index is 2.16. The molecule has 0 atom stereocenters. The summed E-state index contributed by atoms with van der Waals surface area (Å²) in [6.07, 6.45) is 0. The van der Waals surface area contributed by atoms with Gasteiger partial charge in [-0.3, -0.25) is 0 Å². The van der Waals surface area contributed by atoms with Crippen LogP contribution >= 0.6 is 0 Å². The number of anilines is 2. The predicted molar refractivity (Wildman–Crippen MR) is 66.8 cm³/mol. The molecule has 0 aromatic heterocycles. The van der Waals surface area contributed by atoms with Gasteiger partial charge in [-0.05, 0) is 36.8 Å². The number of benzene rings is 2. The summed E-state index contributed by atoms with van der Waals surface area (Å²) in [5.41, 5.74) is 4.21. The average Bonchev–Trinajstić information content (AvgIpc) is 2.32. The van der Waals surface area contributed by atoms with Gasteiger partial charge in [-0.2, -0.15) is 0 Å². The quantitative estimate of drug-likeness (QED) is 0.820. The Morgan fingerprint density at radius 2 is 1.75 bits per heavy atom. The highest BCUT2D eigenvalue weighted by molar-refractivity contribution is 5.60. The highest BCUT2D eigenvalue weighted by Crippen LogP contribution is 2.18. The van der Waals surface area contributed by atoms with E-state index in [1.54, 1.807) is 0 Å². The van der Waals surface area contributed by atoms with E-state index in [1.165, 1.54) is 5.56 Å². The van der Waals surface area contributed by atoms with Gasteiger partial charge in [0.25, 0.3) is 0 Å². The van der Waals surface area contributed by atoms with E-state index in [9.17, 15) is 0 Å². The molecule has 2 aromatic carbocycles. The van der Waals surface area contributed by atoms with Gasteiger partial charge >= 0.3 is 0 Å². The smallest absolute Gasteiger partial charge is 0.0682 e. The molecule has 0 saturated heterocycles. The van der Waals surface area contributed by atoms with E-state index in [2.05, 4.69) is 24.4 Å². The summed E-state index contributed by atoms with van der Waals surface area (Å²) < 4.78 is 0. The minimum atomic E-state index is 0.0728. The monoisotopic (exact) mass is 213 g/mol. The fourth-order valence-corrected chi connectivity index (χ4v) is 1.55. The van der Waals surface area contributed by atoms with Crippen LogP contribution in [0.3, 0.4) is 0 Å². The van der Waals surface area contributed by atoms with Gasteiger partial charge in [-0.15, -0.1) is 0 Å². The molecule has 82 valence electrons. The fraction of sp³-hybridized carbons (Fsp3) is 0.143. The molecular formula is C14H15NO. The van der Waals surface area contributed by atoms with Crippen molar-refractivity contribution in [3.05, 3.63) is 59.7 Å². The van der Waals surface area contributed by atoms with Crippen LogP contribution in [0.2, 0.25) is 0 Å². The third-order valence-electron chi connectivity index (χ3n) is 2.45. The molecule has 0 aliphatic rings. The van der Waals surface area contributed by atoms with E-state index in [0.717, 1.165) is 16.9 Å². The molecule has 2 N–H and O–H groups in total.